The van der Waals surface area contributed by atoms with Crippen LogP contribution in [0.25, 0.3) is 11.5 Å². The average molecular weight is 242 g/mol. The Labute approximate surface area is 96.2 Å². The maximum absolute atomic E-state index is 13.4. The van der Waals surface area contributed by atoms with Gasteiger partial charge in [0.15, 0.2) is 5.82 Å². The molecule has 0 bridgehead atoms. The Morgan fingerprint density at radius 2 is 2.25 bits per heavy atom. The maximum atomic E-state index is 13.4. The Balaban J connectivity index is 2.38. The van der Waals surface area contributed by atoms with Crippen LogP contribution in [0.3, 0.4) is 0 Å². The van der Waals surface area contributed by atoms with Crippen molar-refractivity contribution in [3.8, 4) is 11.5 Å². The first kappa shape index (κ1) is 11.0. The van der Waals surface area contributed by atoms with Gasteiger partial charge in [-0.25, -0.2) is 4.39 Å². The van der Waals surface area contributed by atoms with Gasteiger partial charge in [-0.3, -0.25) is 0 Å². The van der Waals surface area contributed by atoms with Gasteiger partial charge in [0.2, 0.25) is 0 Å². The van der Waals surface area contributed by atoms with Gasteiger partial charge < -0.3 is 10.3 Å². The highest BCUT2D eigenvalue weighted by Crippen LogP contribution is 2.24. The fraction of sp³-hybridized carbons (Fsp3) is 0.200. The molecular weight excluding hydrogens is 233 g/mol. The molecule has 0 aliphatic carbocycles. The Hall–Kier alpha value is -1.46. The molecule has 1 aromatic carbocycles. The fourth-order valence-electron chi connectivity index (χ4n) is 1.26. The summed E-state index contributed by atoms with van der Waals surface area (Å²) in [6.45, 7) is 0.414. The summed E-state index contributed by atoms with van der Waals surface area (Å²) in [6, 6.07) is 4.15. The van der Waals surface area contributed by atoms with Crippen molar-refractivity contribution in [1.29, 1.82) is 0 Å². The van der Waals surface area contributed by atoms with E-state index in [2.05, 4.69) is 10.1 Å². The third-order valence-electron chi connectivity index (χ3n) is 1.99. The van der Waals surface area contributed by atoms with Gasteiger partial charge >= 0.3 is 0 Å². The minimum atomic E-state index is -0.452. The molecule has 0 amide bonds. The van der Waals surface area contributed by atoms with Gasteiger partial charge in [-0.2, -0.15) is 4.98 Å². The van der Waals surface area contributed by atoms with Crippen LogP contribution < -0.4 is 5.73 Å². The molecule has 84 valence electrons. The van der Waals surface area contributed by atoms with Crippen LogP contribution in [0.4, 0.5) is 4.39 Å². The van der Waals surface area contributed by atoms with E-state index >= 15 is 0 Å². The van der Waals surface area contributed by atoms with Crippen LogP contribution in [0.5, 0.6) is 0 Å². The normalized spacial score (nSPS) is 10.7. The summed E-state index contributed by atoms with van der Waals surface area (Å²) in [5.74, 6) is 0.118. The van der Waals surface area contributed by atoms with Crippen molar-refractivity contribution >= 4 is 11.6 Å². The molecule has 1 heterocycles. The molecular formula is C10H9ClFN3O. The SMILES string of the molecule is NCCc1noc(-c2cc(Cl)ccc2F)n1. The van der Waals surface area contributed by atoms with Crippen molar-refractivity contribution in [2.24, 2.45) is 5.73 Å². The van der Waals surface area contributed by atoms with Crippen LogP contribution >= 0.6 is 11.6 Å². The van der Waals surface area contributed by atoms with E-state index in [-0.39, 0.29) is 11.5 Å². The lowest BCUT2D eigenvalue weighted by molar-refractivity contribution is 0.420. The van der Waals surface area contributed by atoms with Gasteiger partial charge in [-0.15, -0.1) is 0 Å². The van der Waals surface area contributed by atoms with Crippen molar-refractivity contribution in [1.82, 2.24) is 10.1 Å². The Morgan fingerprint density at radius 1 is 1.44 bits per heavy atom. The van der Waals surface area contributed by atoms with E-state index in [1.807, 2.05) is 0 Å². The first-order valence-corrected chi connectivity index (χ1v) is 5.06. The molecule has 0 aliphatic rings. The molecule has 4 nitrogen and oxygen atoms in total. The summed E-state index contributed by atoms with van der Waals surface area (Å²) in [7, 11) is 0. The molecule has 16 heavy (non-hydrogen) atoms. The van der Waals surface area contributed by atoms with E-state index in [1.165, 1.54) is 18.2 Å². The Kier molecular flexibility index (Phi) is 3.17. The quantitative estimate of drug-likeness (QED) is 0.893. The molecule has 0 spiro atoms. The highest BCUT2D eigenvalue weighted by molar-refractivity contribution is 6.30. The van der Waals surface area contributed by atoms with Crippen molar-refractivity contribution in [2.75, 3.05) is 6.54 Å². The van der Waals surface area contributed by atoms with Crippen molar-refractivity contribution < 1.29 is 8.91 Å². The third kappa shape index (κ3) is 2.20. The predicted octanol–water partition coefficient (Wildman–Crippen LogP) is 2.03. The topological polar surface area (TPSA) is 64.9 Å². The molecule has 2 N–H and O–H groups in total. The van der Waals surface area contributed by atoms with E-state index in [1.54, 1.807) is 0 Å². The molecule has 0 aliphatic heterocycles. The van der Waals surface area contributed by atoms with Crippen LogP contribution in [-0.2, 0) is 6.42 Å². The monoisotopic (exact) mass is 241 g/mol. The van der Waals surface area contributed by atoms with Crippen molar-refractivity contribution in [3.63, 3.8) is 0 Å². The fourth-order valence-corrected chi connectivity index (χ4v) is 1.43. The molecule has 0 unspecified atom stereocenters. The van der Waals surface area contributed by atoms with Gasteiger partial charge in [0.1, 0.15) is 5.82 Å². The van der Waals surface area contributed by atoms with Gasteiger partial charge in [0.25, 0.3) is 5.89 Å². The van der Waals surface area contributed by atoms with Crippen LogP contribution in [0.15, 0.2) is 22.7 Å². The molecule has 0 saturated carbocycles. The number of hydrogen-bond acceptors (Lipinski definition) is 4. The maximum Gasteiger partial charge on any atom is 0.260 e. The lowest BCUT2D eigenvalue weighted by Crippen LogP contribution is -2.03. The molecule has 2 rings (SSSR count). The van der Waals surface area contributed by atoms with Gasteiger partial charge in [0, 0.05) is 11.4 Å². The number of rotatable bonds is 3. The number of nitrogens with two attached hydrogens (primary N) is 1. The number of hydrogen-bond donors (Lipinski definition) is 1. The zero-order chi connectivity index (χ0) is 11.5. The summed E-state index contributed by atoms with van der Waals surface area (Å²) >= 11 is 5.76. The van der Waals surface area contributed by atoms with E-state index in [4.69, 9.17) is 21.9 Å². The van der Waals surface area contributed by atoms with Crippen LogP contribution in [0.2, 0.25) is 5.02 Å². The van der Waals surface area contributed by atoms with Gasteiger partial charge in [-0.1, -0.05) is 16.8 Å². The van der Waals surface area contributed by atoms with E-state index in [0.717, 1.165) is 0 Å². The Bertz CT molecular complexity index is 501. The minimum Gasteiger partial charge on any atom is -0.334 e. The first-order chi connectivity index (χ1) is 7.70. The van der Waals surface area contributed by atoms with Gasteiger partial charge in [0.05, 0.1) is 5.56 Å². The number of aromatic nitrogens is 2. The minimum absolute atomic E-state index is 0.114. The summed E-state index contributed by atoms with van der Waals surface area (Å²) in [4.78, 5) is 4.02. The van der Waals surface area contributed by atoms with E-state index < -0.39 is 5.82 Å². The number of halogens is 2. The second-order valence-corrected chi connectivity index (χ2v) is 3.62. The van der Waals surface area contributed by atoms with Crippen LogP contribution in [-0.4, -0.2) is 16.7 Å². The smallest absolute Gasteiger partial charge is 0.260 e. The lowest BCUT2D eigenvalue weighted by atomic mass is 10.2. The highest BCUT2D eigenvalue weighted by Gasteiger charge is 2.13. The first-order valence-electron chi connectivity index (χ1n) is 4.69. The van der Waals surface area contributed by atoms with Crippen molar-refractivity contribution in [3.05, 3.63) is 34.9 Å². The molecule has 0 fully saturated rings. The van der Waals surface area contributed by atoms with E-state index in [0.29, 0.717) is 23.8 Å². The summed E-state index contributed by atoms with van der Waals surface area (Å²) in [6.07, 6.45) is 0.492. The van der Waals surface area contributed by atoms with E-state index in [9.17, 15) is 4.39 Å². The average Bonchev–Trinajstić information content (AvgIpc) is 2.71. The molecule has 6 heteroatoms. The zero-order valence-corrected chi connectivity index (χ0v) is 9.04. The summed E-state index contributed by atoms with van der Waals surface area (Å²) < 4.78 is 18.4. The van der Waals surface area contributed by atoms with Crippen molar-refractivity contribution in [2.45, 2.75) is 6.42 Å². The predicted molar refractivity (Wildman–Crippen MR) is 57.5 cm³/mol. The standard InChI is InChI=1S/C10H9ClFN3O/c11-6-1-2-8(12)7(5-6)10-14-9(3-4-13)15-16-10/h1-2,5H,3-4,13H2. The second-order valence-electron chi connectivity index (χ2n) is 3.18. The molecule has 0 radical (unpaired) electrons. The molecule has 1 aromatic heterocycles. The molecule has 0 atom stereocenters. The number of benzene rings is 1. The lowest BCUT2D eigenvalue weighted by Gasteiger charge is -1.97. The molecule has 2 aromatic rings. The Morgan fingerprint density at radius 3 is 3.00 bits per heavy atom. The second kappa shape index (κ2) is 4.59. The third-order valence-corrected chi connectivity index (χ3v) is 2.23. The molecule has 0 saturated heterocycles. The summed E-state index contributed by atoms with van der Waals surface area (Å²) in [5.41, 5.74) is 5.54. The van der Waals surface area contributed by atoms with Crippen LogP contribution in [0, 0.1) is 5.82 Å². The van der Waals surface area contributed by atoms with Crippen LogP contribution in [0.1, 0.15) is 5.82 Å². The summed E-state index contributed by atoms with van der Waals surface area (Å²) in [5, 5.41) is 4.09. The highest BCUT2D eigenvalue weighted by atomic mass is 35.5. The number of nitrogens with zero attached hydrogens (tertiary/aromatic N) is 2. The largest absolute Gasteiger partial charge is 0.334 e. The van der Waals surface area contributed by atoms with Gasteiger partial charge in [-0.05, 0) is 24.7 Å². The zero-order valence-electron chi connectivity index (χ0n) is 8.28.